The van der Waals surface area contributed by atoms with Gasteiger partial charge in [0, 0.05) is 31.9 Å². The zero-order chi connectivity index (χ0) is 16.8. The number of benzene rings is 1. The van der Waals surface area contributed by atoms with E-state index in [0.717, 1.165) is 11.3 Å². The summed E-state index contributed by atoms with van der Waals surface area (Å²) in [6.07, 6.45) is 1.41. The predicted molar refractivity (Wildman–Crippen MR) is 86.3 cm³/mol. The topological polar surface area (TPSA) is 71.8 Å². The molecule has 6 nitrogen and oxygen atoms in total. The first-order valence-electron chi connectivity index (χ1n) is 7.21. The van der Waals surface area contributed by atoms with E-state index in [4.69, 9.17) is 9.15 Å². The Morgan fingerprint density at radius 2 is 1.87 bits per heavy atom. The molecule has 1 aromatic heterocycles. The first-order chi connectivity index (χ1) is 11.0. The molecule has 2 aromatic rings. The summed E-state index contributed by atoms with van der Waals surface area (Å²) in [5, 5.41) is 2.70. The Kier molecular flexibility index (Phi) is 5.41. The highest BCUT2D eigenvalue weighted by Crippen LogP contribution is 2.12. The van der Waals surface area contributed by atoms with Crippen LogP contribution in [0.4, 0.5) is 5.69 Å². The number of hydrogen-bond donors (Lipinski definition) is 1. The number of ether oxygens (including phenoxy) is 1. The van der Waals surface area contributed by atoms with E-state index in [1.54, 1.807) is 13.0 Å². The summed E-state index contributed by atoms with van der Waals surface area (Å²) in [6, 6.07) is 9.48. The van der Waals surface area contributed by atoms with E-state index in [1.165, 1.54) is 6.26 Å². The zero-order valence-corrected chi connectivity index (χ0v) is 13.5. The quantitative estimate of drug-likeness (QED) is 0.827. The molecular weight excluding hydrogens is 296 g/mol. The summed E-state index contributed by atoms with van der Waals surface area (Å²) < 4.78 is 9.92. The zero-order valence-electron chi connectivity index (χ0n) is 13.5. The second-order valence-electron chi connectivity index (χ2n) is 5.35. The van der Waals surface area contributed by atoms with Crippen LogP contribution in [-0.4, -0.2) is 32.6 Å². The second-order valence-corrected chi connectivity index (χ2v) is 5.35. The maximum absolute atomic E-state index is 11.7. The molecule has 1 N–H and O–H groups in total. The summed E-state index contributed by atoms with van der Waals surface area (Å²) in [5.74, 6) is -0.880. The van der Waals surface area contributed by atoms with Gasteiger partial charge in [0.05, 0.1) is 6.26 Å². The van der Waals surface area contributed by atoms with Gasteiger partial charge in [0.1, 0.15) is 0 Å². The molecule has 6 heteroatoms. The van der Waals surface area contributed by atoms with Crippen molar-refractivity contribution in [2.75, 3.05) is 25.6 Å². The van der Waals surface area contributed by atoms with Gasteiger partial charge in [0.25, 0.3) is 5.91 Å². The van der Waals surface area contributed by atoms with Crippen LogP contribution < -0.4 is 10.2 Å². The van der Waals surface area contributed by atoms with Crippen molar-refractivity contribution < 1.29 is 18.7 Å². The number of hydrogen-bond acceptors (Lipinski definition) is 5. The number of amides is 1. The van der Waals surface area contributed by atoms with Crippen molar-refractivity contribution >= 4 is 17.6 Å². The molecule has 122 valence electrons. The monoisotopic (exact) mass is 316 g/mol. The van der Waals surface area contributed by atoms with Gasteiger partial charge in [0.2, 0.25) is 5.76 Å². The molecule has 0 saturated heterocycles. The van der Waals surface area contributed by atoms with Gasteiger partial charge in [-0.3, -0.25) is 4.79 Å². The predicted octanol–water partition coefficient (Wildman–Crippen LogP) is 2.13. The van der Waals surface area contributed by atoms with Crippen LogP contribution >= 0.6 is 0 Å². The first kappa shape index (κ1) is 16.6. The lowest BCUT2D eigenvalue weighted by molar-refractivity contribution is -0.124. The number of carbonyl (C=O) groups is 2. The summed E-state index contributed by atoms with van der Waals surface area (Å²) in [6.45, 7) is 1.77. The Balaban J connectivity index is 1.77. The second kappa shape index (κ2) is 7.49. The van der Waals surface area contributed by atoms with E-state index < -0.39 is 5.97 Å². The van der Waals surface area contributed by atoms with Crippen molar-refractivity contribution in [3.05, 3.63) is 53.5 Å². The fourth-order valence-corrected chi connectivity index (χ4v) is 1.94. The van der Waals surface area contributed by atoms with Gasteiger partial charge in [-0.05, 0) is 30.7 Å². The van der Waals surface area contributed by atoms with Crippen LogP contribution in [0.5, 0.6) is 0 Å². The Labute approximate surface area is 135 Å². The molecule has 0 bridgehead atoms. The van der Waals surface area contributed by atoms with Crippen molar-refractivity contribution in [3.8, 4) is 0 Å². The van der Waals surface area contributed by atoms with E-state index in [0.29, 0.717) is 12.1 Å². The highest BCUT2D eigenvalue weighted by Gasteiger charge is 2.15. The van der Waals surface area contributed by atoms with Crippen LogP contribution in [0.25, 0.3) is 0 Å². The minimum absolute atomic E-state index is 0.122. The minimum Gasteiger partial charge on any atom is -0.457 e. The third-order valence-corrected chi connectivity index (χ3v) is 3.32. The number of furan rings is 1. The molecule has 0 fully saturated rings. The molecule has 0 spiro atoms. The van der Waals surface area contributed by atoms with Crippen LogP contribution in [0, 0.1) is 6.92 Å². The van der Waals surface area contributed by atoms with Crippen LogP contribution in [0.1, 0.15) is 21.7 Å². The summed E-state index contributed by atoms with van der Waals surface area (Å²) in [4.78, 5) is 25.4. The van der Waals surface area contributed by atoms with E-state index in [9.17, 15) is 9.59 Å². The molecule has 1 amide bonds. The highest BCUT2D eigenvalue weighted by atomic mass is 16.5. The van der Waals surface area contributed by atoms with Crippen molar-refractivity contribution in [3.63, 3.8) is 0 Å². The fraction of sp³-hybridized carbons (Fsp3) is 0.294. The molecule has 1 aromatic carbocycles. The lowest BCUT2D eigenvalue weighted by Gasteiger charge is -2.13. The molecule has 0 aliphatic rings. The number of nitrogens with one attached hydrogen (secondary N) is 1. The molecule has 2 rings (SSSR count). The summed E-state index contributed by atoms with van der Waals surface area (Å²) in [5.41, 5.74) is 2.73. The lowest BCUT2D eigenvalue weighted by Crippen LogP contribution is -2.28. The number of rotatable bonds is 6. The van der Waals surface area contributed by atoms with Crippen molar-refractivity contribution in [2.45, 2.75) is 13.5 Å². The Morgan fingerprint density at radius 1 is 1.17 bits per heavy atom. The maximum Gasteiger partial charge on any atom is 0.375 e. The number of anilines is 1. The molecule has 0 radical (unpaired) electrons. The molecule has 0 atom stereocenters. The van der Waals surface area contributed by atoms with Gasteiger partial charge < -0.3 is 19.4 Å². The molecule has 0 aliphatic carbocycles. The molecule has 0 saturated carbocycles. The molecule has 1 heterocycles. The van der Waals surface area contributed by atoms with Crippen LogP contribution in [0.15, 0.2) is 41.0 Å². The van der Waals surface area contributed by atoms with Gasteiger partial charge in [0.15, 0.2) is 6.61 Å². The lowest BCUT2D eigenvalue weighted by atomic mass is 10.2. The molecular formula is C17H20N2O4. The molecule has 0 unspecified atom stereocenters. The Hall–Kier alpha value is -2.76. The standard InChI is InChI=1S/C17H20N2O4/c1-12-8-9-22-16(12)17(21)23-11-15(20)18-10-13-4-6-14(7-5-13)19(2)3/h4-9H,10-11H2,1-3H3,(H,18,20). The van der Waals surface area contributed by atoms with Crippen LogP contribution in [-0.2, 0) is 16.1 Å². The summed E-state index contributed by atoms with van der Waals surface area (Å²) in [7, 11) is 3.93. The first-order valence-corrected chi connectivity index (χ1v) is 7.21. The fourth-order valence-electron chi connectivity index (χ4n) is 1.94. The smallest absolute Gasteiger partial charge is 0.375 e. The normalized spacial score (nSPS) is 10.2. The van der Waals surface area contributed by atoms with Crippen molar-refractivity contribution in [1.82, 2.24) is 5.32 Å². The minimum atomic E-state index is -0.641. The number of nitrogens with zero attached hydrogens (tertiary/aromatic N) is 1. The average molecular weight is 316 g/mol. The average Bonchev–Trinajstić information content (AvgIpc) is 2.97. The van der Waals surface area contributed by atoms with E-state index in [-0.39, 0.29) is 18.3 Å². The highest BCUT2D eigenvalue weighted by molar-refractivity contribution is 5.90. The van der Waals surface area contributed by atoms with E-state index >= 15 is 0 Å². The molecule has 0 aliphatic heterocycles. The van der Waals surface area contributed by atoms with Crippen LogP contribution in [0.3, 0.4) is 0 Å². The van der Waals surface area contributed by atoms with Gasteiger partial charge in [-0.1, -0.05) is 12.1 Å². The summed E-state index contributed by atoms with van der Waals surface area (Å²) >= 11 is 0. The van der Waals surface area contributed by atoms with E-state index in [1.807, 2.05) is 43.3 Å². The van der Waals surface area contributed by atoms with Crippen molar-refractivity contribution in [2.24, 2.45) is 0 Å². The Morgan fingerprint density at radius 3 is 2.43 bits per heavy atom. The van der Waals surface area contributed by atoms with Gasteiger partial charge in [-0.25, -0.2) is 4.79 Å². The van der Waals surface area contributed by atoms with Gasteiger partial charge in [-0.15, -0.1) is 0 Å². The third-order valence-electron chi connectivity index (χ3n) is 3.32. The number of carbonyl (C=O) groups excluding carboxylic acids is 2. The van der Waals surface area contributed by atoms with Crippen LogP contribution in [0.2, 0.25) is 0 Å². The molecule has 23 heavy (non-hydrogen) atoms. The third kappa shape index (κ3) is 4.60. The Bertz CT molecular complexity index is 674. The largest absolute Gasteiger partial charge is 0.457 e. The SMILES string of the molecule is Cc1ccoc1C(=O)OCC(=O)NCc1ccc(N(C)C)cc1. The van der Waals surface area contributed by atoms with E-state index in [2.05, 4.69) is 5.32 Å². The maximum atomic E-state index is 11.7. The van der Waals surface area contributed by atoms with Gasteiger partial charge >= 0.3 is 5.97 Å². The number of aryl methyl sites for hydroxylation is 1. The van der Waals surface area contributed by atoms with Crippen molar-refractivity contribution in [1.29, 1.82) is 0 Å². The number of esters is 1. The van der Waals surface area contributed by atoms with Gasteiger partial charge in [-0.2, -0.15) is 0 Å².